The lowest BCUT2D eigenvalue weighted by Crippen LogP contribution is -2.30. The first-order valence-corrected chi connectivity index (χ1v) is 9.29. The number of hydrogen-bond acceptors (Lipinski definition) is 4. The molecule has 6 nitrogen and oxygen atoms in total. The van der Waals surface area contributed by atoms with Crippen LogP contribution in [0.2, 0.25) is 0 Å². The van der Waals surface area contributed by atoms with Crippen LogP contribution in [0.5, 0.6) is 0 Å². The van der Waals surface area contributed by atoms with Crippen LogP contribution >= 0.6 is 0 Å². The molecule has 1 saturated carbocycles. The first-order valence-electron chi connectivity index (χ1n) is 9.29. The Bertz CT molecular complexity index is 891. The maximum Gasteiger partial charge on any atom is 0.230 e. The molecular weight excluding hydrogens is 342 g/mol. The van der Waals surface area contributed by atoms with Crippen molar-refractivity contribution in [3.8, 4) is 0 Å². The molecule has 6 heteroatoms. The molecule has 0 atom stereocenters. The number of carbonyl (C=O) groups excluding carboxylic acids is 3. The zero-order chi connectivity index (χ0) is 18.8. The van der Waals surface area contributed by atoms with E-state index in [0.29, 0.717) is 17.8 Å². The molecule has 2 aromatic rings. The van der Waals surface area contributed by atoms with Crippen LogP contribution in [-0.2, 0) is 16.0 Å². The van der Waals surface area contributed by atoms with Gasteiger partial charge in [0.25, 0.3) is 0 Å². The van der Waals surface area contributed by atoms with Crippen molar-refractivity contribution >= 4 is 29.0 Å². The number of amides is 2. The third-order valence-electron chi connectivity index (χ3n) is 5.02. The summed E-state index contributed by atoms with van der Waals surface area (Å²) in [6.07, 6.45) is 6.16. The Hall–Kier alpha value is -3.02. The fraction of sp³-hybridized carbons (Fsp3) is 0.333. The average molecular weight is 363 g/mol. The van der Waals surface area contributed by atoms with Gasteiger partial charge >= 0.3 is 0 Å². The summed E-state index contributed by atoms with van der Waals surface area (Å²) >= 11 is 0. The Balaban J connectivity index is 1.37. The number of fused-ring (bicyclic) bond motifs is 1. The highest BCUT2D eigenvalue weighted by atomic mass is 16.2. The number of hydrogen-bond donors (Lipinski definition) is 1. The first kappa shape index (κ1) is 17.4. The summed E-state index contributed by atoms with van der Waals surface area (Å²) in [6.45, 7) is 0.710. The van der Waals surface area contributed by atoms with Crippen LogP contribution in [0, 0.1) is 5.92 Å². The number of benzene rings is 1. The molecule has 1 aromatic heterocycles. The van der Waals surface area contributed by atoms with E-state index in [1.807, 2.05) is 23.1 Å². The number of aromatic nitrogens is 1. The van der Waals surface area contributed by atoms with E-state index >= 15 is 0 Å². The third-order valence-corrected chi connectivity index (χ3v) is 5.02. The lowest BCUT2D eigenvalue weighted by Gasteiger charge is -2.18. The summed E-state index contributed by atoms with van der Waals surface area (Å²) < 4.78 is 0. The van der Waals surface area contributed by atoms with E-state index in [-0.39, 0.29) is 36.4 Å². The van der Waals surface area contributed by atoms with E-state index in [9.17, 15) is 14.4 Å². The van der Waals surface area contributed by atoms with Crippen LogP contribution in [-0.4, -0.2) is 29.1 Å². The minimum absolute atomic E-state index is 0.103. The van der Waals surface area contributed by atoms with Crippen LogP contribution in [0.25, 0.3) is 0 Å². The van der Waals surface area contributed by atoms with Gasteiger partial charge in [0, 0.05) is 54.6 Å². The molecule has 0 spiro atoms. The Kier molecular flexibility index (Phi) is 4.71. The Labute approximate surface area is 157 Å². The minimum Gasteiger partial charge on any atom is -0.326 e. The molecule has 1 aromatic carbocycles. The summed E-state index contributed by atoms with van der Waals surface area (Å²) in [5.41, 5.74) is 3.20. The lowest BCUT2D eigenvalue weighted by atomic mass is 10.1. The van der Waals surface area contributed by atoms with Crippen molar-refractivity contribution in [2.75, 3.05) is 16.8 Å². The summed E-state index contributed by atoms with van der Waals surface area (Å²) in [6, 6.07) is 9.08. The van der Waals surface area contributed by atoms with Gasteiger partial charge in [-0.05, 0) is 49.1 Å². The van der Waals surface area contributed by atoms with E-state index in [1.165, 1.54) is 6.20 Å². The van der Waals surface area contributed by atoms with Crippen LogP contribution < -0.4 is 10.2 Å². The van der Waals surface area contributed by atoms with Gasteiger partial charge in [0.1, 0.15) is 0 Å². The summed E-state index contributed by atoms with van der Waals surface area (Å²) in [7, 11) is 0. The third kappa shape index (κ3) is 3.89. The van der Waals surface area contributed by atoms with Gasteiger partial charge in [-0.3, -0.25) is 19.4 Å². The highest BCUT2D eigenvalue weighted by Crippen LogP contribution is 2.37. The predicted octanol–water partition coefficient (Wildman–Crippen LogP) is 2.98. The molecule has 1 N–H and O–H groups in total. The number of nitrogens with one attached hydrogen (secondary N) is 1. The molecule has 2 aliphatic rings. The SMILES string of the molecule is O=C(CCC(=O)c1cccnc1)Nc1ccc2c(c1)N(C(=O)C1CC1)CC2. The molecule has 0 bridgehead atoms. The van der Waals surface area contributed by atoms with Gasteiger partial charge in [-0.1, -0.05) is 6.07 Å². The molecule has 0 saturated heterocycles. The number of anilines is 2. The molecular formula is C21H21N3O3. The predicted molar refractivity (Wildman–Crippen MR) is 102 cm³/mol. The quantitative estimate of drug-likeness (QED) is 0.800. The molecule has 1 aliphatic heterocycles. The number of rotatable bonds is 6. The number of Topliss-reactive ketones (excluding diaryl/α,β-unsaturated/α-hetero) is 1. The number of pyridine rings is 1. The van der Waals surface area contributed by atoms with Gasteiger partial charge < -0.3 is 10.2 Å². The van der Waals surface area contributed by atoms with Crippen molar-refractivity contribution in [2.45, 2.75) is 32.1 Å². The van der Waals surface area contributed by atoms with Gasteiger partial charge in [0.2, 0.25) is 11.8 Å². The maximum atomic E-state index is 12.4. The highest BCUT2D eigenvalue weighted by Gasteiger charge is 2.36. The van der Waals surface area contributed by atoms with Crippen LogP contribution in [0.3, 0.4) is 0 Å². The standard InChI is InChI=1S/C21H21N3O3/c25-19(16-2-1-10-22-13-16)7-8-20(26)23-17-6-5-14-9-11-24(18(14)12-17)21(27)15-3-4-15/h1-2,5-6,10,12-13,15H,3-4,7-9,11H2,(H,23,26). The van der Waals surface area contributed by atoms with E-state index in [0.717, 1.165) is 30.5 Å². The Morgan fingerprint density at radius 3 is 2.74 bits per heavy atom. The molecule has 4 rings (SSSR count). The van der Waals surface area contributed by atoms with Crippen molar-refractivity contribution < 1.29 is 14.4 Å². The van der Waals surface area contributed by atoms with E-state index in [4.69, 9.17) is 0 Å². The zero-order valence-corrected chi connectivity index (χ0v) is 15.0. The van der Waals surface area contributed by atoms with Crippen LogP contribution in [0.1, 0.15) is 41.6 Å². The van der Waals surface area contributed by atoms with Crippen molar-refractivity contribution in [1.82, 2.24) is 4.98 Å². The molecule has 27 heavy (non-hydrogen) atoms. The number of nitrogens with zero attached hydrogens (tertiary/aromatic N) is 2. The smallest absolute Gasteiger partial charge is 0.230 e. The largest absolute Gasteiger partial charge is 0.326 e. The van der Waals surface area contributed by atoms with Gasteiger partial charge in [0.05, 0.1) is 0 Å². The Morgan fingerprint density at radius 1 is 1.15 bits per heavy atom. The molecule has 0 radical (unpaired) electrons. The second-order valence-electron chi connectivity index (χ2n) is 7.07. The van der Waals surface area contributed by atoms with Crippen molar-refractivity contribution in [1.29, 1.82) is 0 Å². The van der Waals surface area contributed by atoms with Crippen molar-refractivity contribution in [2.24, 2.45) is 5.92 Å². The van der Waals surface area contributed by atoms with Gasteiger partial charge in [-0.25, -0.2) is 0 Å². The first-order chi connectivity index (χ1) is 13.1. The van der Waals surface area contributed by atoms with Crippen molar-refractivity contribution in [3.05, 3.63) is 53.9 Å². The normalized spacial score (nSPS) is 15.3. The van der Waals surface area contributed by atoms with Gasteiger partial charge in [0.15, 0.2) is 5.78 Å². The second kappa shape index (κ2) is 7.31. The van der Waals surface area contributed by atoms with Crippen molar-refractivity contribution in [3.63, 3.8) is 0 Å². The monoisotopic (exact) mass is 363 g/mol. The highest BCUT2D eigenvalue weighted by molar-refractivity contribution is 6.01. The second-order valence-corrected chi connectivity index (χ2v) is 7.07. The van der Waals surface area contributed by atoms with E-state index < -0.39 is 0 Å². The molecule has 2 amide bonds. The van der Waals surface area contributed by atoms with Crippen LogP contribution in [0.4, 0.5) is 11.4 Å². The average Bonchev–Trinajstić information content (AvgIpc) is 3.46. The maximum absolute atomic E-state index is 12.4. The lowest BCUT2D eigenvalue weighted by molar-refractivity contribution is -0.119. The molecule has 1 aliphatic carbocycles. The molecule has 2 heterocycles. The topological polar surface area (TPSA) is 79.4 Å². The molecule has 1 fully saturated rings. The summed E-state index contributed by atoms with van der Waals surface area (Å²) in [5.74, 6) is 0.0469. The van der Waals surface area contributed by atoms with E-state index in [1.54, 1.807) is 18.3 Å². The van der Waals surface area contributed by atoms with Gasteiger partial charge in [-0.2, -0.15) is 0 Å². The van der Waals surface area contributed by atoms with Gasteiger partial charge in [-0.15, -0.1) is 0 Å². The molecule has 138 valence electrons. The fourth-order valence-electron chi connectivity index (χ4n) is 3.36. The Morgan fingerprint density at radius 2 is 2.00 bits per heavy atom. The zero-order valence-electron chi connectivity index (χ0n) is 15.0. The number of carbonyl (C=O) groups is 3. The fourth-order valence-corrected chi connectivity index (χ4v) is 3.36. The van der Waals surface area contributed by atoms with Crippen LogP contribution in [0.15, 0.2) is 42.7 Å². The van der Waals surface area contributed by atoms with E-state index in [2.05, 4.69) is 10.3 Å². The molecule has 0 unspecified atom stereocenters. The summed E-state index contributed by atoms with van der Waals surface area (Å²) in [4.78, 5) is 42.5. The minimum atomic E-state index is -0.217. The number of ketones is 1. The summed E-state index contributed by atoms with van der Waals surface area (Å²) in [5, 5.41) is 2.84.